The topological polar surface area (TPSA) is 49.4 Å². The molecule has 1 N–H and O–H groups in total. The molecule has 0 aliphatic carbocycles. The Morgan fingerprint density at radius 3 is 2.62 bits per heavy atom. The number of nitrogens with zero attached hydrogens (tertiary/aromatic N) is 1. The van der Waals surface area contributed by atoms with Gasteiger partial charge in [0.05, 0.1) is 5.92 Å². The van der Waals surface area contributed by atoms with Crippen LogP contribution in [0.5, 0.6) is 0 Å². The molecule has 1 saturated heterocycles. The van der Waals surface area contributed by atoms with Gasteiger partial charge in [-0.05, 0) is 48.2 Å². The van der Waals surface area contributed by atoms with Gasteiger partial charge in [-0.15, -0.1) is 0 Å². The van der Waals surface area contributed by atoms with Gasteiger partial charge in [0.1, 0.15) is 0 Å². The average molecular weight is 371 g/mol. The summed E-state index contributed by atoms with van der Waals surface area (Å²) in [5.74, 6) is -0.140. The summed E-state index contributed by atoms with van der Waals surface area (Å²) >= 11 is 5.91. The van der Waals surface area contributed by atoms with Gasteiger partial charge in [-0.25, -0.2) is 0 Å². The predicted molar refractivity (Wildman–Crippen MR) is 106 cm³/mol. The van der Waals surface area contributed by atoms with Gasteiger partial charge in [-0.1, -0.05) is 43.6 Å². The third-order valence-corrected chi connectivity index (χ3v) is 5.25. The highest BCUT2D eigenvalue weighted by Crippen LogP contribution is 2.30. The third-order valence-electron chi connectivity index (χ3n) is 5.00. The highest BCUT2D eigenvalue weighted by molar-refractivity contribution is 6.30. The van der Waals surface area contributed by atoms with Crippen molar-refractivity contribution in [3.05, 3.63) is 59.1 Å². The number of anilines is 2. The van der Waals surface area contributed by atoms with Crippen LogP contribution in [0.3, 0.4) is 0 Å². The summed E-state index contributed by atoms with van der Waals surface area (Å²) in [6.07, 6.45) is 1.22. The largest absolute Gasteiger partial charge is 0.326 e. The average Bonchev–Trinajstić information content (AvgIpc) is 3.04. The maximum absolute atomic E-state index is 12.7. The maximum atomic E-state index is 12.7. The Balaban J connectivity index is 1.72. The Kier molecular flexibility index (Phi) is 5.62. The highest BCUT2D eigenvalue weighted by Gasteiger charge is 2.35. The number of rotatable bonds is 5. The Labute approximate surface area is 159 Å². The van der Waals surface area contributed by atoms with E-state index in [2.05, 4.69) is 19.2 Å². The van der Waals surface area contributed by atoms with E-state index in [1.165, 1.54) is 0 Å². The highest BCUT2D eigenvalue weighted by atomic mass is 35.5. The van der Waals surface area contributed by atoms with Crippen LogP contribution in [0.2, 0.25) is 5.02 Å². The number of halogens is 1. The van der Waals surface area contributed by atoms with Gasteiger partial charge in [-0.3, -0.25) is 9.59 Å². The smallest absolute Gasteiger partial charge is 0.229 e. The standard InChI is InChI=1S/C21H23ClN2O2/c1-3-14(2)18-6-4-5-7-19(18)23-21(26)15-12-20(25)24(13-15)17-10-8-16(22)9-11-17/h4-11,14-15H,3,12-13H2,1-2H3,(H,23,26)/t14-,15-/m0/s1. The van der Waals surface area contributed by atoms with Crippen LogP contribution in [-0.4, -0.2) is 18.4 Å². The normalized spacial score (nSPS) is 18.0. The van der Waals surface area contributed by atoms with Crippen LogP contribution < -0.4 is 10.2 Å². The molecule has 2 aromatic rings. The molecule has 136 valence electrons. The first-order valence-electron chi connectivity index (χ1n) is 8.95. The summed E-state index contributed by atoms with van der Waals surface area (Å²) in [5.41, 5.74) is 2.74. The second-order valence-electron chi connectivity index (χ2n) is 6.77. The van der Waals surface area contributed by atoms with Gasteiger partial charge < -0.3 is 10.2 Å². The number of nitrogens with one attached hydrogen (secondary N) is 1. The summed E-state index contributed by atoms with van der Waals surface area (Å²) in [7, 11) is 0. The lowest BCUT2D eigenvalue weighted by Gasteiger charge is -2.18. The first-order chi connectivity index (χ1) is 12.5. The molecule has 1 aliphatic heterocycles. The second-order valence-corrected chi connectivity index (χ2v) is 7.20. The molecule has 0 saturated carbocycles. The van der Waals surface area contributed by atoms with Gasteiger partial charge in [0.25, 0.3) is 0 Å². The molecule has 26 heavy (non-hydrogen) atoms. The molecular weight excluding hydrogens is 348 g/mol. The second kappa shape index (κ2) is 7.92. The molecule has 0 unspecified atom stereocenters. The zero-order valence-corrected chi connectivity index (χ0v) is 15.8. The van der Waals surface area contributed by atoms with Gasteiger partial charge in [0, 0.05) is 29.4 Å². The Morgan fingerprint density at radius 2 is 1.92 bits per heavy atom. The first kappa shape index (κ1) is 18.5. The van der Waals surface area contributed by atoms with E-state index in [0.717, 1.165) is 23.4 Å². The van der Waals surface area contributed by atoms with Crippen molar-refractivity contribution in [3.63, 3.8) is 0 Å². The molecule has 0 bridgehead atoms. The van der Waals surface area contributed by atoms with Crippen LogP contribution in [0.15, 0.2) is 48.5 Å². The van der Waals surface area contributed by atoms with E-state index in [9.17, 15) is 9.59 Å². The van der Waals surface area contributed by atoms with Gasteiger partial charge >= 0.3 is 0 Å². The molecule has 1 aliphatic rings. The Bertz CT molecular complexity index is 804. The number of hydrogen-bond acceptors (Lipinski definition) is 2. The van der Waals surface area contributed by atoms with Crippen molar-refractivity contribution in [1.29, 1.82) is 0 Å². The van der Waals surface area contributed by atoms with E-state index in [1.54, 1.807) is 29.2 Å². The minimum absolute atomic E-state index is 0.0392. The Morgan fingerprint density at radius 1 is 1.23 bits per heavy atom. The van der Waals surface area contributed by atoms with Gasteiger partial charge in [-0.2, -0.15) is 0 Å². The van der Waals surface area contributed by atoms with Gasteiger partial charge in [0.15, 0.2) is 0 Å². The third kappa shape index (κ3) is 3.91. The molecule has 2 amide bonds. The quantitative estimate of drug-likeness (QED) is 0.818. The van der Waals surface area contributed by atoms with Crippen LogP contribution in [0, 0.1) is 5.92 Å². The van der Waals surface area contributed by atoms with Crippen LogP contribution in [-0.2, 0) is 9.59 Å². The molecule has 0 radical (unpaired) electrons. The number of carbonyl (C=O) groups excluding carboxylic acids is 2. The summed E-state index contributed by atoms with van der Waals surface area (Å²) < 4.78 is 0. The number of carbonyl (C=O) groups is 2. The summed E-state index contributed by atoms with van der Waals surface area (Å²) in [6, 6.07) is 15.0. The monoisotopic (exact) mass is 370 g/mol. The fourth-order valence-electron chi connectivity index (χ4n) is 3.25. The zero-order chi connectivity index (χ0) is 18.7. The van der Waals surface area contributed by atoms with Crippen molar-refractivity contribution in [2.24, 2.45) is 5.92 Å². The zero-order valence-electron chi connectivity index (χ0n) is 15.0. The molecule has 3 rings (SSSR count). The lowest BCUT2D eigenvalue weighted by atomic mass is 9.96. The lowest BCUT2D eigenvalue weighted by molar-refractivity contribution is -0.122. The van der Waals surface area contributed by atoms with Crippen molar-refractivity contribution in [2.45, 2.75) is 32.6 Å². The molecule has 4 nitrogen and oxygen atoms in total. The summed E-state index contributed by atoms with van der Waals surface area (Å²) in [5, 5.41) is 3.65. The summed E-state index contributed by atoms with van der Waals surface area (Å²) in [6.45, 7) is 4.66. The fourth-order valence-corrected chi connectivity index (χ4v) is 3.38. The van der Waals surface area contributed by atoms with Crippen molar-refractivity contribution in [3.8, 4) is 0 Å². The molecule has 5 heteroatoms. The number of amides is 2. The van der Waals surface area contributed by atoms with E-state index in [4.69, 9.17) is 11.6 Å². The van der Waals surface area contributed by atoms with Crippen molar-refractivity contribution < 1.29 is 9.59 Å². The van der Waals surface area contributed by atoms with Crippen LogP contribution in [0.1, 0.15) is 38.2 Å². The van der Waals surface area contributed by atoms with Crippen molar-refractivity contribution >= 4 is 34.8 Å². The minimum atomic E-state index is -0.358. The minimum Gasteiger partial charge on any atom is -0.326 e. The molecule has 0 aromatic heterocycles. The Hall–Kier alpha value is -2.33. The molecule has 1 fully saturated rings. The lowest BCUT2D eigenvalue weighted by Crippen LogP contribution is -2.28. The van der Waals surface area contributed by atoms with Crippen LogP contribution in [0.4, 0.5) is 11.4 Å². The van der Waals surface area contributed by atoms with E-state index in [-0.39, 0.29) is 24.2 Å². The number of benzene rings is 2. The van der Waals surface area contributed by atoms with Crippen LogP contribution >= 0.6 is 11.6 Å². The molecule has 2 aromatic carbocycles. The predicted octanol–water partition coefficient (Wildman–Crippen LogP) is 4.85. The fraction of sp³-hybridized carbons (Fsp3) is 0.333. The van der Waals surface area contributed by atoms with E-state index in [0.29, 0.717) is 17.5 Å². The maximum Gasteiger partial charge on any atom is 0.229 e. The molecule has 2 atom stereocenters. The summed E-state index contributed by atoms with van der Waals surface area (Å²) in [4.78, 5) is 26.8. The van der Waals surface area contributed by atoms with E-state index in [1.807, 2.05) is 24.3 Å². The van der Waals surface area contributed by atoms with Crippen molar-refractivity contribution in [2.75, 3.05) is 16.8 Å². The SMILES string of the molecule is CC[C@H](C)c1ccccc1NC(=O)[C@H]1CC(=O)N(c2ccc(Cl)cc2)C1. The van der Waals surface area contributed by atoms with Gasteiger partial charge in [0.2, 0.25) is 11.8 Å². The van der Waals surface area contributed by atoms with Crippen LogP contribution in [0.25, 0.3) is 0 Å². The molecular formula is C21H23ClN2O2. The number of para-hydroxylation sites is 1. The molecule has 1 heterocycles. The molecule has 0 spiro atoms. The van der Waals surface area contributed by atoms with E-state index >= 15 is 0 Å². The van der Waals surface area contributed by atoms with Crippen molar-refractivity contribution in [1.82, 2.24) is 0 Å². The first-order valence-corrected chi connectivity index (χ1v) is 9.33. The van der Waals surface area contributed by atoms with E-state index < -0.39 is 0 Å². The number of hydrogen-bond donors (Lipinski definition) is 1.